The molecule has 0 aliphatic carbocycles. The third kappa shape index (κ3) is 3.36. The van der Waals surface area contributed by atoms with Gasteiger partial charge in [-0.15, -0.1) is 0 Å². The fourth-order valence-electron chi connectivity index (χ4n) is 1.86. The highest BCUT2D eigenvalue weighted by atomic mass is 15.2. The Balaban J connectivity index is 3.10. The standard InChI is InChI=1S/C14H26N2/c1-13(2,3)12-15-10-8-7-9-11-16(12)14(4,5)6/h9,11H,7-8,10H2,1-6H3/b11-9-,15-12?. The van der Waals surface area contributed by atoms with Gasteiger partial charge in [0.2, 0.25) is 0 Å². The molecule has 0 aromatic heterocycles. The van der Waals surface area contributed by atoms with Gasteiger partial charge in [-0.1, -0.05) is 26.8 Å². The summed E-state index contributed by atoms with van der Waals surface area (Å²) in [5.41, 5.74) is 0.203. The number of allylic oxidation sites excluding steroid dienone is 1. The molecule has 0 aromatic carbocycles. The first kappa shape index (κ1) is 13.3. The lowest BCUT2D eigenvalue weighted by Gasteiger charge is -2.41. The summed E-state index contributed by atoms with van der Waals surface area (Å²) in [5.74, 6) is 1.20. The van der Waals surface area contributed by atoms with E-state index in [1.54, 1.807) is 0 Å². The van der Waals surface area contributed by atoms with Gasteiger partial charge in [0.25, 0.3) is 0 Å². The first-order chi connectivity index (χ1) is 7.23. The molecule has 0 saturated carbocycles. The zero-order valence-electron chi connectivity index (χ0n) is 11.7. The maximum absolute atomic E-state index is 4.79. The van der Waals surface area contributed by atoms with Gasteiger partial charge in [-0.3, -0.25) is 4.99 Å². The van der Waals surface area contributed by atoms with Gasteiger partial charge in [0.05, 0.1) is 0 Å². The Hall–Kier alpha value is -0.790. The first-order valence-corrected chi connectivity index (χ1v) is 6.24. The van der Waals surface area contributed by atoms with E-state index in [0.29, 0.717) is 0 Å². The van der Waals surface area contributed by atoms with Crippen molar-refractivity contribution in [2.24, 2.45) is 10.4 Å². The number of amidine groups is 1. The van der Waals surface area contributed by atoms with E-state index in [1.165, 1.54) is 5.84 Å². The number of rotatable bonds is 0. The molecule has 1 aliphatic rings. The van der Waals surface area contributed by atoms with E-state index < -0.39 is 0 Å². The van der Waals surface area contributed by atoms with Crippen molar-refractivity contribution in [2.45, 2.75) is 59.9 Å². The zero-order valence-corrected chi connectivity index (χ0v) is 11.7. The minimum Gasteiger partial charge on any atom is -0.331 e. The lowest BCUT2D eigenvalue weighted by Crippen LogP contribution is -2.47. The van der Waals surface area contributed by atoms with E-state index >= 15 is 0 Å². The predicted molar refractivity (Wildman–Crippen MR) is 71.7 cm³/mol. The van der Waals surface area contributed by atoms with Gasteiger partial charge in [-0.05, 0) is 33.6 Å². The lowest BCUT2D eigenvalue weighted by atomic mass is 9.91. The molecule has 0 fully saturated rings. The third-order valence-corrected chi connectivity index (χ3v) is 2.67. The minimum absolute atomic E-state index is 0.0972. The summed E-state index contributed by atoms with van der Waals surface area (Å²) in [7, 11) is 0. The molecule has 0 amide bonds. The number of nitrogens with zero attached hydrogens (tertiary/aromatic N) is 2. The normalized spacial score (nSPS) is 21.1. The topological polar surface area (TPSA) is 15.6 Å². The van der Waals surface area contributed by atoms with Crippen LogP contribution in [0.15, 0.2) is 17.3 Å². The van der Waals surface area contributed by atoms with Crippen molar-refractivity contribution in [3.63, 3.8) is 0 Å². The average Bonchev–Trinajstić information content (AvgIpc) is 1.96. The van der Waals surface area contributed by atoms with E-state index in [0.717, 1.165) is 19.4 Å². The highest BCUT2D eigenvalue weighted by molar-refractivity contribution is 5.88. The maximum atomic E-state index is 4.79. The molecular formula is C14H26N2. The molecule has 0 aromatic rings. The number of hydrogen-bond acceptors (Lipinski definition) is 2. The zero-order chi connectivity index (χ0) is 12.4. The summed E-state index contributed by atoms with van der Waals surface area (Å²) in [6.45, 7) is 14.4. The number of hydrogen-bond donors (Lipinski definition) is 0. The van der Waals surface area contributed by atoms with Crippen LogP contribution >= 0.6 is 0 Å². The second-order valence-corrected chi connectivity index (χ2v) is 6.52. The largest absolute Gasteiger partial charge is 0.331 e. The summed E-state index contributed by atoms with van der Waals surface area (Å²) >= 11 is 0. The summed E-state index contributed by atoms with van der Waals surface area (Å²) in [6, 6.07) is 0. The second-order valence-electron chi connectivity index (χ2n) is 6.52. The number of aliphatic imine (C=N–C) groups is 1. The Kier molecular flexibility index (Phi) is 3.82. The molecule has 1 aliphatic heterocycles. The molecule has 0 bridgehead atoms. The van der Waals surface area contributed by atoms with Crippen LogP contribution in [0.2, 0.25) is 0 Å². The van der Waals surface area contributed by atoms with Crippen LogP contribution in [0.1, 0.15) is 54.4 Å². The van der Waals surface area contributed by atoms with E-state index in [4.69, 9.17) is 4.99 Å². The van der Waals surface area contributed by atoms with Gasteiger partial charge in [-0.25, -0.2) is 0 Å². The van der Waals surface area contributed by atoms with Gasteiger partial charge in [0, 0.05) is 23.7 Å². The Morgan fingerprint density at radius 2 is 1.75 bits per heavy atom. The average molecular weight is 222 g/mol. The van der Waals surface area contributed by atoms with Crippen LogP contribution in [0.3, 0.4) is 0 Å². The second kappa shape index (κ2) is 4.60. The molecule has 0 radical (unpaired) electrons. The van der Waals surface area contributed by atoms with Crippen LogP contribution < -0.4 is 0 Å². The molecule has 2 nitrogen and oxygen atoms in total. The van der Waals surface area contributed by atoms with Crippen molar-refractivity contribution in [2.75, 3.05) is 6.54 Å². The van der Waals surface area contributed by atoms with Crippen molar-refractivity contribution < 1.29 is 0 Å². The fourth-order valence-corrected chi connectivity index (χ4v) is 1.86. The highest BCUT2D eigenvalue weighted by Crippen LogP contribution is 2.26. The van der Waals surface area contributed by atoms with Crippen molar-refractivity contribution in [1.29, 1.82) is 0 Å². The molecule has 0 spiro atoms. The van der Waals surface area contributed by atoms with Gasteiger partial charge < -0.3 is 4.90 Å². The molecule has 0 saturated heterocycles. The summed E-state index contributed by atoms with van der Waals surface area (Å²) < 4.78 is 0. The highest BCUT2D eigenvalue weighted by Gasteiger charge is 2.30. The van der Waals surface area contributed by atoms with Gasteiger partial charge in [-0.2, -0.15) is 0 Å². The van der Waals surface area contributed by atoms with E-state index in [2.05, 4.69) is 58.7 Å². The molecule has 16 heavy (non-hydrogen) atoms. The molecule has 1 rings (SSSR count). The monoisotopic (exact) mass is 222 g/mol. The van der Waals surface area contributed by atoms with Gasteiger partial charge >= 0.3 is 0 Å². The van der Waals surface area contributed by atoms with Crippen LogP contribution in [0.5, 0.6) is 0 Å². The summed E-state index contributed by atoms with van der Waals surface area (Å²) in [4.78, 5) is 7.12. The maximum Gasteiger partial charge on any atom is 0.109 e. The lowest BCUT2D eigenvalue weighted by molar-refractivity contribution is 0.283. The molecule has 0 N–H and O–H groups in total. The molecule has 0 atom stereocenters. The minimum atomic E-state index is 0.0972. The van der Waals surface area contributed by atoms with Crippen molar-refractivity contribution in [1.82, 2.24) is 4.90 Å². The van der Waals surface area contributed by atoms with Crippen LogP contribution in [0.4, 0.5) is 0 Å². The molecule has 92 valence electrons. The summed E-state index contributed by atoms with van der Waals surface area (Å²) in [5, 5.41) is 0. The van der Waals surface area contributed by atoms with Crippen molar-refractivity contribution in [3.8, 4) is 0 Å². The first-order valence-electron chi connectivity index (χ1n) is 6.24. The van der Waals surface area contributed by atoms with Crippen molar-refractivity contribution >= 4 is 5.84 Å². The van der Waals surface area contributed by atoms with E-state index in [1.807, 2.05) is 0 Å². The third-order valence-electron chi connectivity index (χ3n) is 2.67. The van der Waals surface area contributed by atoms with Gasteiger partial charge in [0.15, 0.2) is 0 Å². The Bertz CT molecular complexity index is 287. The Labute approximate surface area is 100 Å². The molecule has 2 heteroatoms. The Morgan fingerprint density at radius 1 is 1.12 bits per heavy atom. The van der Waals surface area contributed by atoms with Crippen LogP contribution in [0.25, 0.3) is 0 Å². The quantitative estimate of drug-likeness (QED) is 0.608. The smallest absolute Gasteiger partial charge is 0.109 e. The predicted octanol–water partition coefficient (Wildman–Crippen LogP) is 3.84. The molecule has 0 unspecified atom stereocenters. The SMILES string of the molecule is CC(C)(C)C1=NCCC/C=C\N1C(C)(C)C. The van der Waals surface area contributed by atoms with E-state index in [9.17, 15) is 0 Å². The van der Waals surface area contributed by atoms with Crippen LogP contribution in [-0.4, -0.2) is 22.8 Å². The van der Waals surface area contributed by atoms with Crippen LogP contribution in [-0.2, 0) is 0 Å². The summed E-state index contributed by atoms with van der Waals surface area (Å²) in [6.07, 6.45) is 6.77. The molecular weight excluding hydrogens is 196 g/mol. The molecule has 1 heterocycles. The van der Waals surface area contributed by atoms with Crippen LogP contribution in [0, 0.1) is 5.41 Å². The van der Waals surface area contributed by atoms with Crippen molar-refractivity contribution in [3.05, 3.63) is 12.3 Å². The van der Waals surface area contributed by atoms with E-state index in [-0.39, 0.29) is 11.0 Å². The Morgan fingerprint density at radius 3 is 2.25 bits per heavy atom. The fraction of sp³-hybridized carbons (Fsp3) is 0.786. The van der Waals surface area contributed by atoms with Gasteiger partial charge in [0.1, 0.15) is 5.84 Å².